The quantitative estimate of drug-likeness (QED) is 0.179. The monoisotopic (exact) mass is 383 g/mol. The number of carbonyl (C=O) groups is 1. The Morgan fingerprint density at radius 1 is 0.704 bits per heavy atom. The maximum atomic E-state index is 11.7. The average Bonchev–Trinajstić information content (AvgIpc) is 2.63. The highest BCUT2D eigenvalue weighted by Gasteiger charge is 2.15. The number of nitrogens with two attached hydrogens (primary N) is 1. The third-order valence-electron chi connectivity index (χ3n) is 5.27. The highest BCUT2D eigenvalue weighted by molar-refractivity contribution is 5.75. The molecular formula is C24H49NO2. The number of esters is 1. The van der Waals surface area contributed by atoms with E-state index >= 15 is 0 Å². The van der Waals surface area contributed by atoms with E-state index in [0.29, 0.717) is 18.9 Å². The van der Waals surface area contributed by atoms with Crippen LogP contribution in [-0.2, 0) is 9.53 Å². The Hall–Kier alpha value is -0.570. The Balaban J connectivity index is 3.18. The van der Waals surface area contributed by atoms with Gasteiger partial charge < -0.3 is 10.5 Å². The van der Waals surface area contributed by atoms with Crippen molar-refractivity contribution < 1.29 is 9.53 Å². The van der Waals surface area contributed by atoms with Gasteiger partial charge in [-0.1, -0.05) is 117 Å². The van der Waals surface area contributed by atoms with E-state index in [1.807, 2.05) is 0 Å². The first-order valence-electron chi connectivity index (χ1n) is 12.0. The normalized spacial score (nSPS) is 12.5. The van der Waals surface area contributed by atoms with Gasteiger partial charge in [0, 0.05) is 0 Å². The van der Waals surface area contributed by atoms with E-state index in [0.717, 1.165) is 12.8 Å². The van der Waals surface area contributed by atoms with Crippen molar-refractivity contribution in [1.29, 1.82) is 0 Å². The number of ether oxygens (including phenoxy) is 1. The fourth-order valence-electron chi connectivity index (χ4n) is 3.53. The van der Waals surface area contributed by atoms with Gasteiger partial charge in [-0.25, -0.2) is 0 Å². The Bertz CT molecular complexity index is 318. The second kappa shape index (κ2) is 20.2. The molecule has 1 unspecified atom stereocenters. The van der Waals surface area contributed by atoms with Crippen LogP contribution in [0.4, 0.5) is 0 Å². The van der Waals surface area contributed by atoms with Gasteiger partial charge in [-0.05, 0) is 18.8 Å². The Morgan fingerprint density at radius 2 is 1.07 bits per heavy atom. The lowest BCUT2D eigenvalue weighted by atomic mass is 10.0. The molecule has 0 saturated carbocycles. The molecule has 0 aliphatic rings. The molecule has 0 aromatic heterocycles. The van der Waals surface area contributed by atoms with E-state index in [9.17, 15) is 4.79 Å². The molecule has 0 heterocycles. The zero-order chi connectivity index (χ0) is 20.2. The van der Waals surface area contributed by atoms with Crippen molar-refractivity contribution in [2.75, 3.05) is 6.61 Å². The minimum atomic E-state index is -0.453. The molecule has 0 aromatic rings. The van der Waals surface area contributed by atoms with Gasteiger partial charge in [-0.15, -0.1) is 0 Å². The Labute approximate surface area is 170 Å². The van der Waals surface area contributed by atoms with Crippen molar-refractivity contribution in [3.05, 3.63) is 0 Å². The first-order chi connectivity index (χ1) is 13.1. The van der Waals surface area contributed by atoms with E-state index in [1.165, 1.54) is 89.9 Å². The summed E-state index contributed by atoms with van der Waals surface area (Å²) >= 11 is 0. The summed E-state index contributed by atoms with van der Waals surface area (Å²) < 4.78 is 5.26. The van der Waals surface area contributed by atoms with E-state index in [4.69, 9.17) is 10.5 Å². The van der Waals surface area contributed by atoms with E-state index < -0.39 is 6.04 Å². The lowest BCUT2D eigenvalue weighted by molar-refractivity contribution is -0.145. The van der Waals surface area contributed by atoms with Gasteiger partial charge in [0.2, 0.25) is 0 Å². The van der Waals surface area contributed by atoms with E-state index in [2.05, 4.69) is 20.8 Å². The molecule has 3 nitrogen and oxygen atoms in total. The van der Waals surface area contributed by atoms with Crippen LogP contribution >= 0.6 is 0 Å². The summed E-state index contributed by atoms with van der Waals surface area (Å²) in [5.41, 5.74) is 5.82. The number of rotatable bonds is 20. The van der Waals surface area contributed by atoms with Gasteiger partial charge in [-0.2, -0.15) is 0 Å². The van der Waals surface area contributed by atoms with Gasteiger partial charge in [0.1, 0.15) is 6.04 Å². The summed E-state index contributed by atoms with van der Waals surface area (Å²) in [5.74, 6) is 0.202. The smallest absolute Gasteiger partial charge is 0.322 e. The topological polar surface area (TPSA) is 52.3 Å². The van der Waals surface area contributed by atoms with Crippen LogP contribution in [0.2, 0.25) is 0 Å². The molecule has 0 aromatic carbocycles. The molecule has 1 atom stereocenters. The van der Waals surface area contributed by atoms with Crippen molar-refractivity contribution in [3.63, 3.8) is 0 Å². The maximum Gasteiger partial charge on any atom is 0.322 e. The summed E-state index contributed by atoms with van der Waals surface area (Å²) in [4.78, 5) is 11.7. The molecule has 0 aliphatic carbocycles. The molecule has 0 bridgehead atoms. The molecule has 2 N–H and O–H groups in total. The summed E-state index contributed by atoms with van der Waals surface area (Å²) in [6, 6.07) is -0.453. The van der Waals surface area contributed by atoms with Gasteiger partial charge in [0.25, 0.3) is 0 Å². The minimum absolute atomic E-state index is 0.232. The van der Waals surface area contributed by atoms with Crippen LogP contribution in [0, 0.1) is 5.92 Å². The minimum Gasteiger partial charge on any atom is -0.465 e. The van der Waals surface area contributed by atoms with Crippen molar-refractivity contribution >= 4 is 5.97 Å². The number of carbonyl (C=O) groups excluding carboxylic acids is 1. The molecule has 0 radical (unpaired) electrons. The highest BCUT2D eigenvalue weighted by atomic mass is 16.5. The lowest BCUT2D eigenvalue weighted by Crippen LogP contribution is -2.33. The fraction of sp³-hybridized carbons (Fsp3) is 0.958. The second-order valence-electron chi connectivity index (χ2n) is 8.71. The molecule has 0 rings (SSSR count). The summed E-state index contributed by atoms with van der Waals surface area (Å²) in [6.07, 6.45) is 22.4. The van der Waals surface area contributed by atoms with Crippen molar-refractivity contribution in [3.8, 4) is 0 Å². The zero-order valence-electron chi connectivity index (χ0n) is 18.8. The second-order valence-corrected chi connectivity index (χ2v) is 8.71. The van der Waals surface area contributed by atoms with Crippen LogP contribution in [0.15, 0.2) is 0 Å². The van der Waals surface area contributed by atoms with Gasteiger partial charge in [0.05, 0.1) is 6.61 Å². The molecule has 3 heteroatoms. The summed E-state index contributed by atoms with van der Waals surface area (Å²) in [6.45, 7) is 6.96. The molecule has 0 amide bonds. The first kappa shape index (κ1) is 26.4. The highest BCUT2D eigenvalue weighted by Crippen LogP contribution is 2.13. The maximum absolute atomic E-state index is 11.7. The molecule has 0 spiro atoms. The van der Waals surface area contributed by atoms with Crippen LogP contribution in [0.1, 0.15) is 130 Å². The molecule has 0 saturated heterocycles. The summed E-state index contributed by atoms with van der Waals surface area (Å²) in [5, 5.41) is 0. The third-order valence-corrected chi connectivity index (χ3v) is 5.27. The van der Waals surface area contributed by atoms with Gasteiger partial charge in [0.15, 0.2) is 0 Å². The first-order valence-corrected chi connectivity index (χ1v) is 12.0. The molecule has 27 heavy (non-hydrogen) atoms. The molecule has 0 fully saturated rings. The van der Waals surface area contributed by atoms with Gasteiger partial charge in [-0.3, -0.25) is 4.79 Å². The average molecular weight is 384 g/mol. The Kier molecular flexibility index (Phi) is 19.7. The van der Waals surface area contributed by atoms with E-state index in [-0.39, 0.29) is 5.97 Å². The Morgan fingerprint density at radius 3 is 1.44 bits per heavy atom. The lowest BCUT2D eigenvalue weighted by Gasteiger charge is -2.13. The number of hydrogen-bond acceptors (Lipinski definition) is 3. The van der Waals surface area contributed by atoms with Crippen LogP contribution in [0.5, 0.6) is 0 Å². The van der Waals surface area contributed by atoms with Crippen LogP contribution in [0.3, 0.4) is 0 Å². The van der Waals surface area contributed by atoms with Crippen molar-refractivity contribution in [1.82, 2.24) is 0 Å². The van der Waals surface area contributed by atoms with Crippen molar-refractivity contribution in [2.45, 2.75) is 136 Å². The fourth-order valence-corrected chi connectivity index (χ4v) is 3.53. The predicted molar refractivity (Wildman–Crippen MR) is 118 cm³/mol. The summed E-state index contributed by atoms with van der Waals surface area (Å²) in [7, 11) is 0. The van der Waals surface area contributed by atoms with Crippen LogP contribution in [-0.4, -0.2) is 18.6 Å². The largest absolute Gasteiger partial charge is 0.465 e. The third kappa shape index (κ3) is 20.0. The van der Waals surface area contributed by atoms with Crippen LogP contribution in [0.25, 0.3) is 0 Å². The molecule has 162 valence electrons. The molecular weight excluding hydrogens is 334 g/mol. The number of unbranched alkanes of at least 4 members (excludes halogenated alkanes) is 15. The van der Waals surface area contributed by atoms with Crippen molar-refractivity contribution in [2.24, 2.45) is 11.7 Å². The van der Waals surface area contributed by atoms with Gasteiger partial charge >= 0.3 is 5.97 Å². The van der Waals surface area contributed by atoms with Crippen LogP contribution < -0.4 is 5.73 Å². The standard InChI is InChI=1S/C24H49NO2/c1-4-5-6-7-8-9-10-11-12-13-14-15-16-17-18-19-20-27-24(26)23(25)21-22(2)3/h22-23H,4-21,25H2,1-3H3. The zero-order valence-corrected chi connectivity index (χ0v) is 18.8. The number of hydrogen-bond donors (Lipinski definition) is 1. The van der Waals surface area contributed by atoms with E-state index in [1.54, 1.807) is 0 Å². The SMILES string of the molecule is CCCCCCCCCCCCCCCCCCOC(=O)C(N)CC(C)C. The predicted octanol–water partition coefficient (Wildman–Crippen LogP) is 7.16. The molecule has 0 aliphatic heterocycles.